The lowest BCUT2D eigenvalue weighted by Crippen LogP contribution is -2.28. The molecule has 0 aromatic rings. The topological polar surface area (TPSA) is 44.8 Å². The van der Waals surface area contributed by atoms with Crippen LogP contribution in [0.15, 0.2) is 35.4 Å². The molecule has 206 valence electrons. The Morgan fingerprint density at radius 3 is 2.39 bits per heavy atom. The average Bonchev–Trinajstić information content (AvgIpc) is 3.15. The molecule has 0 bridgehead atoms. The molecular formula is C31H55N3O2. The molecule has 36 heavy (non-hydrogen) atoms. The van der Waals surface area contributed by atoms with Crippen LogP contribution in [0.5, 0.6) is 0 Å². The van der Waals surface area contributed by atoms with E-state index in [0.29, 0.717) is 23.3 Å². The van der Waals surface area contributed by atoms with E-state index in [2.05, 4.69) is 75.0 Å². The predicted molar refractivity (Wildman–Crippen MR) is 152 cm³/mol. The van der Waals surface area contributed by atoms with Gasteiger partial charge >= 0.3 is 0 Å². The molecule has 2 fully saturated rings. The molecular weight excluding hydrogens is 446 g/mol. The molecule has 1 heterocycles. The van der Waals surface area contributed by atoms with Crippen molar-refractivity contribution in [1.82, 2.24) is 15.1 Å². The van der Waals surface area contributed by atoms with E-state index in [9.17, 15) is 4.79 Å². The number of allylic oxidation sites excluding steroid dienone is 3. The highest BCUT2D eigenvalue weighted by Gasteiger charge is 2.35. The van der Waals surface area contributed by atoms with E-state index in [4.69, 9.17) is 4.74 Å². The van der Waals surface area contributed by atoms with Crippen LogP contribution in [0.4, 0.5) is 0 Å². The third kappa shape index (κ3) is 10.2. The van der Waals surface area contributed by atoms with E-state index in [-0.39, 0.29) is 0 Å². The Bertz CT molecular complexity index is 758. The highest BCUT2D eigenvalue weighted by molar-refractivity contribution is 5.45. The molecule has 0 aromatic heterocycles. The van der Waals surface area contributed by atoms with Gasteiger partial charge in [-0.2, -0.15) is 0 Å². The number of carbonyl (C=O) groups is 1. The van der Waals surface area contributed by atoms with Gasteiger partial charge in [0.05, 0.1) is 12.8 Å². The lowest BCUT2D eigenvalue weighted by molar-refractivity contribution is -0.109. The monoisotopic (exact) mass is 501 g/mol. The standard InChI is InChI=1S/C31H55N3O2/c1-8-29(36-7)28(34-17-12-10-11-13-18-34)21-27(23-33(9-2)19-16-32-25-35)20-26-14-15-30(3,4)24-31(5,6)22-26/h8,21,23,25-26H,9-20,22,24H2,1-7H3,(H,32,35)/b27-23+,28-21+,29-8+. The molecule has 1 aliphatic heterocycles. The third-order valence-electron chi connectivity index (χ3n) is 7.94. The van der Waals surface area contributed by atoms with Crippen LogP contribution in [0.3, 0.4) is 0 Å². The number of carbonyl (C=O) groups excluding carboxylic acids is 1. The molecule has 5 heteroatoms. The molecule has 2 aliphatic rings. The van der Waals surface area contributed by atoms with Crippen molar-refractivity contribution in [2.45, 2.75) is 99.3 Å². The first-order valence-electron chi connectivity index (χ1n) is 14.4. The molecule has 2 rings (SSSR count). The number of hydrogen-bond donors (Lipinski definition) is 1. The zero-order chi connectivity index (χ0) is 26.6. The molecule has 1 saturated heterocycles. The lowest BCUT2D eigenvalue weighted by Gasteiger charge is -2.32. The second-order valence-electron chi connectivity index (χ2n) is 12.5. The molecule has 0 aromatic carbocycles. The smallest absolute Gasteiger partial charge is 0.207 e. The number of nitrogens with zero attached hydrogens (tertiary/aromatic N) is 2. The first-order valence-corrected chi connectivity index (χ1v) is 14.4. The van der Waals surface area contributed by atoms with Crippen LogP contribution in [-0.4, -0.2) is 56.0 Å². The summed E-state index contributed by atoms with van der Waals surface area (Å²) in [5.74, 6) is 1.63. The first kappa shape index (κ1) is 30.3. The maximum Gasteiger partial charge on any atom is 0.207 e. The van der Waals surface area contributed by atoms with E-state index in [1.807, 2.05) is 0 Å². The lowest BCUT2D eigenvalue weighted by atomic mass is 9.73. The van der Waals surface area contributed by atoms with Gasteiger partial charge in [-0.15, -0.1) is 0 Å². The van der Waals surface area contributed by atoms with Gasteiger partial charge in [0.1, 0.15) is 5.76 Å². The maximum absolute atomic E-state index is 10.8. The van der Waals surface area contributed by atoms with Gasteiger partial charge in [-0.3, -0.25) is 4.79 Å². The van der Waals surface area contributed by atoms with Gasteiger partial charge < -0.3 is 19.9 Å². The Morgan fingerprint density at radius 2 is 1.81 bits per heavy atom. The minimum Gasteiger partial charge on any atom is -0.495 e. The van der Waals surface area contributed by atoms with Crippen molar-refractivity contribution in [3.8, 4) is 0 Å². The molecule has 1 aliphatic carbocycles. The first-order chi connectivity index (χ1) is 17.1. The van der Waals surface area contributed by atoms with Crippen molar-refractivity contribution in [2.75, 3.05) is 39.8 Å². The minimum atomic E-state index is 0.354. The van der Waals surface area contributed by atoms with Crippen molar-refractivity contribution in [1.29, 1.82) is 0 Å². The van der Waals surface area contributed by atoms with Crippen LogP contribution in [0, 0.1) is 16.7 Å². The van der Waals surface area contributed by atoms with Crippen molar-refractivity contribution in [3.63, 3.8) is 0 Å². The minimum absolute atomic E-state index is 0.354. The molecule has 1 N–H and O–H groups in total. The fraction of sp³-hybridized carbons (Fsp3) is 0.774. The van der Waals surface area contributed by atoms with Gasteiger partial charge in [0.25, 0.3) is 0 Å². The van der Waals surface area contributed by atoms with Gasteiger partial charge in [0.15, 0.2) is 0 Å². The average molecular weight is 502 g/mol. The SMILES string of the molecule is C\C=C(OC)/C(=C\C(=C\N(CC)CCNC=O)CC1CCC(C)(C)CC(C)(C)C1)N1CCCCCC1. The van der Waals surface area contributed by atoms with Crippen LogP contribution < -0.4 is 5.32 Å². The number of ether oxygens (including phenoxy) is 1. The Hall–Kier alpha value is -1.91. The summed E-state index contributed by atoms with van der Waals surface area (Å²) in [4.78, 5) is 15.7. The summed E-state index contributed by atoms with van der Waals surface area (Å²) in [7, 11) is 1.80. The number of likely N-dealkylation sites (tertiary alicyclic amines) is 1. The van der Waals surface area contributed by atoms with Crippen LogP contribution in [0.1, 0.15) is 99.3 Å². The Balaban J connectivity index is 2.45. The quantitative estimate of drug-likeness (QED) is 0.104. The van der Waals surface area contributed by atoms with E-state index in [0.717, 1.165) is 44.8 Å². The van der Waals surface area contributed by atoms with Crippen molar-refractivity contribution in [2.24, 2.45) is 16.7 Å². The highest BCUT2D eigenvalue weighted by Crippen LogP contribution is 2.47. The van der Waals surface area contributed by atoms with E-state index in [1.165, 1.54) is 62.6 Å². The number of rotatable bonds is 12. The summed E-state index contributed by atoms with van der Waals surface area (Å²) in [6.45, 7) is 18.6. The summed E-state index contributed by atoms with van der Waals surface area (Å²) < 4.78 is 5.90. The van der Waals surface area contributed by atoms with Crippen molar-refractivity contribution < 1.29 is 9.53 Å². The van der Waals surface area contributed by atoms with Crippen molar-refractivity contribution >= 4 is 6.41 Å². The van der Waals surface area contributed by atoms with Crippen LogP contribution in [-0.2, 0) is 9.53 Å². The third-order valence-corrected chi connectivity index (χ3v) is 7.94. The summed E-state index contributed by atoms with van der Waals surface area (Å²) in [5.41, 5.74) is 3.36. The van der Waals surface area contributed by atoms with Gasteiger partial charge in [-0.25, -0.2) is 0 Å². The fourth-order valence-electron chi connectivity index (χ4n) is 6.58. The van der Waals surface area contributed by atoms with Gasteiger partial charge in [-0.05, 0) is 93.3 Å². The van der Waals surface area contributed by atoms with Gasteiger partial charge in [0.2, 0.25) is 6.41 Å². The molecule has 1 amide bonds. The second-order valence-corrected chi connectivity index (χ2v) is 12.5. The summed E-state index contributed by atoms with van der Waals surface area (Å²) in [6.07, 6.45) is 19.0. The molecule has 0 radical (unpaired) electrons. The molecule has 0 spiro atoms. The summed E-state index contributed by atoms with van der Waals surface area (Å²) >= 11 is 0. The zero-order valence-corrected chi connectivity index (χ0v) is 24.5. The number of amides is 1. The summed E-state index contributed by atoms with van der Waals surface area (Å²) in [6, 6.07) is 0. The number of hydrogen-bond acceptors (Lipinski definition) is 4. The van der Waals surface area contributed by atoms with E-state index in [1.54, 1.807) is 7.11 Å². The van der Waals surface area contributed by atoms with Crippen LogP contribution >= 0.6 is 0 Å². The molecule has 1 unspecified atom stereocenters. The van der Waals surface area contributed by atoms with Crippen LogP contribution in [0.25, 0.3) is 0 Å². The molecule has 1 saturated carbocycles. The maximum atomic E-state index is 10.8. The Kier molecular flexibility index (Phi) is 12.4. The molecule has 5 nitrogen and oxygen atoms in total. The Labute approximate surface area is 222 Å². The number of nitrogens with one attached hydrogen (secondary N) is 1. The number of methoxy groups -OCH3 is 1. The zero-order valence-electron chi connectivity index (χ0n) is 24.5. The number of likely N-dealkylation sites (N-methyl/N-ethyl adjacent to an activating group) is 1. The normalized spacial score (nSPS) is 23.5. The van der Waals surface area contributed by atoms with Gasteiger partial charge in [0, 0.05) is 38.9 Å². The Morgan fingerprint density at radius 1 is 1.11 bits per heavy atom. The van der Waals surface area contributed by atoms with Gasteiger partial charge in [-0.1, -0.05) is 40.5 Å². The summed E-state index contributed by atoms with van der Waals surface area (Å²) in [5, 5.41) is 2.83. The van der Waals surface area contributed by atoms with E-state index < -0.39 is 0 Å². The predicted octanol–water partition coefficient (Wildman–Crippen LogP) is 6.88. The largest absolute Gasteiger partial charge is 0.495 e. The van der Waals surface area contributed by atoms with E-state index >= 15 is 0 Å². The highest BCUT2D eigenvalue weighted by atomic mass is 16.5. The fourth-order valence-corrected chi connectivity index (χ4v) is 6.58. The van der Waals surface area contributed by atoms with Crippen LogP contribution in [0.2, 0.25) is 0 Å². The van der Waals surface area contributed by atoms with Crippen molar-refractivity contribution in [3.05, 3.63) is 35.4 Å². The molecule has 1 atom stereocenters. The second kappa shape index (κ2) is 14.7.